The fraction of sp³-hybridized carbons (Fsp3) is 0.585. The van der Waals surface area contributed by atoms with Gasteiger partial charge in [-0.25, -0.2) is 13.1 Å². The molecule has 14 heteroatoms. The minimum Gasteiger partial charge on any atom is -0.490 e. The van der Waals surface area contributed by atoms with E-state index in [2.05, 4.69) is 53.8 Å². The number of allylic oxidation sites excluding steroid dienone is 1. The molecule has 2 bridgehead atoms. The first-order chi connectivity index (χ1) is 26.5. The highest BCUT2D eigenvalue weighted by Crippen LogP contribution is 2.49. The second kappa shape index (κ2) is 15.5. The summed E-state index contributed by atoms with van der Waals surface area (Å²) >= 11 is 6.51. The summed E-state index contributed by atoms with van der Waals surface area (Å²) in [6.45, 7) is 10.5. The number of carbonyl (C=O) groups is 1. The van der Waals surface area contributed by atoms with E-state index in [1.165, 1.54) is 17.5 Å². The molecule has 0 unspecified atom stereocenters. The lowest BCUT2D eigenvalue weighted by Gasteiger charge is -2.52. The molecule has 1 saturated heterocycles. The lowest BCUT2D eigenvalue weighted by atomic mass is 9.63. The van der Waals surface area contributed by atoms with Crippen LogP contribution in [-0.4, -0.2) is 105 Å². The quantitative estimate of drug-likeness (QED) is 0.331. The Labute approximate surface area is 329 Å². The van der Waals surface area contributed by atoms with Gasteiger partial charge in [-0.3, -0.25) is 14.6 Å². The summed E-state index contributed by atoms with van der Waals surface area (Å²) in [5, 5.41) is 3.95. The van der Waals surface area contributed by atoms with Gasteiger partial charge in [0.05, 0.1) is 24.1 Å². The zero-order valence-electron chi connectivity index (χ0n) is 32.1. The SMILES string of the molecule is CO[C@@]1(CN2CCN(Cc3ncon3)CC2)/C=C\C[C@H](C)[C@@H](C)S(=O)(=O)NC(=O)c2ccc3c(c2)N(C[C@@H]2CC[C@H]21)C[C@@]1(CCCc2cc(Cl)ccc21)CO3. The molecule has 0 radical (unpaired) electrons. The summed E-state index contributed by atoms with van der Waals surface area (Å²) in [5.41, 5.74) is 2.79. The largest absolute Gasteiger partial charge is 0.490 e. The van der Waals surface area contributed by atoms with Crippen LogP contribution >= 0.6 is 11.6 Å². The van der Waals surface area contributed by atoms with Gasteiger partial charge in [0.1, 0.15) is 11.4 Å². The molecule has 1 saturated carbocycles. The highest BCUT2D eigenvalue weighted by Gasteiger charge is 2.50. The molecule has 1 spiro atoms. The average molecular weight is 793 g/mol. The Morgan fingerprint density at radius 3 is 2.64 bits per heavy atom. The number of hydrogen-bond acceptors (Lipinski definition) is 11. The number of aryl methyl sites for hydroxylation is 1. The average Bonchev–Trinajstić information content (AvgIpc) is 3.62. The van der Waals surface area contributed by atoms with Crippen molar-refractivity contribution >= 4 is 33.2 Å². The third-order valence-corrected chi connectivity index (χ3v) is 15.5. The van der Waals surface area contributed by atoms with Crippen molar-refractivity contribution in [3.05, 3.63) is 82.5 Å². The van der Waals surface area contributed by atoms with E-state index in [-0.39, 0.29) is 17.3 Å². The number of aromatic nitrogens is 2. The van der Waals surface area contributed by atoms with Crippen molar-refractivity contribution in [2.24, 2.45) is 17.8 Å². The smallest absolute Gasteiger partial charge is 0.264 e. The minimum atomic E-state index is -3.97. The maximum atomic E-state index is 13.7. The summed E-state index contributed by atoms with van der Waals surface area (Å²) in [7, 11) is -2.14. The number of nitrogens with one attached hydrogen (secondary N) is 1. The molecule has 55 heavy (non-hydrogen) atoms. The number of benzene rings is 2. The number of rotatable bonds is 5. The van der Waals surface area contributed by atoms with Crippen molar-refractivity contribution in [3.63, 3.8) is 0 Å². The number of halogens is 1. The number of anilines is 1. The van der Waals surface area contributed by atoms with Crippen molar-refractivity contribution in [3.8, 4) is 5.75 Å². The summed E-state index contributed by atoms with van der Waals surface area (Å²) < 4.78 is 48.0. The Balaban J connectivity index is 1.15. The first-order valence-corrected chi connectivity index (χ1v) is 21.7. The maximum Gasteiger partial charge on any atom is 0.264 e. The number of amides is 1. The molecule has 8 rings (SSSR count). The Morgan fingerprint density at radius 1 is 1.07 bits per heavy atom. The Kier molecular flexibility index (Phi) is 10.8. The molecular formula is C41H53ClN6O6S. The van der Waals surface area contributed by atoms with Crippen LogP contribution in [0.5, 0.6) is 5.75 Å². The van der Waals surface area contributed by atoms with E-state index in [4.69, 9.17) is 25.6 Å². The van der Waals surface area contributed by atoms with Crippen LogP contribution in [0, 0.1) is 17.8 Å². The van der Waals surface area contributed by atoms with E-state index in [1.807, 2.05) is 32.2 Å². The fourth-order valence-electron chi connectivity index (χ4n) is 9.72. The van der Waals surface area contributed by atoms with E-state index >= 15 is 0 Å². The molecule has 4 heterocycles. The number of sulfonamides is 1. The van der Waals surface area contributed by atoms with Crippen LogP contribution in [0.1, 0.15) is 73.3 Å². The molecule has 12 nitrogen and oxygen atoms in total. The summed E-state index contributed by atoms with van der Waals surface area (Å²) in [5.74, 6) is 1.06. The van der Waals surface area contributed by atoms with Gasteiger partial charge in [0.25, 0.3) is 5.91 Å². The van der Waals surface area contributed by atoms with Crippen molar-refractivity contribution in [1.29, 1.82) is 0 Å². The van der Waals surface area contributed by atoms with Gasteiger partial charge < -0.3 is 18.9 Å². The second-order valence-electron chi connectivity index (χ2n) is 16.6. The van der Waals surface area contributed by atoms with Crippen molar-refractivity contribution in [2.75, 3.05) is 64.4 Å². The van der Waals surface area contributed by atoms with Crippen LogP contribution in [0.25, 0.3) is 0 Å². The van der Waals surface area contributed by atoms with Gasteiger partial charge >= 0.3 is 0 Å². The van der Waals surface area contributed by atoms with Crippen molar-refractivity contribution in [1.82, 2.24) is 24.7 Å². The molecule has 1 N–H and O–H groups in total. The van der Waals surface area contributed by atoms with E-state index in [1.54, 1.807) is 13.0 Å². The predicted octanol–water partition coefficient (Wildman–Crippen LogP) is 5.47. The molecule has 2 fully saturated rings. The van der Waals surface area contributed by atoms with Crippen LogP contribution in [-0.2, 0) is 33.1 Å². The molecule has 1 amide bonds. The van der Waals surface area contributed by atoms with Crippen LogP contribution in [0.15, 0.2) is 59.5 Å². The van der Waals surface area contributed by atoms with Crippen LogP contribution in [0.4, 0.5) is 5.69 Å². The first kappa shape index (κ1) is 38.4. The monoisotopic (exact) mass is 792 g/mol. The van der Waals surface area contributed by atoms with Gasteiger partial charge in [-0.2, -0.15) is 4.98 Å². The summed E-state index contributed by atoms with van der Waals surface area (Å²) in [6, 6.07) is 11.6. The van der Waals surface area contributed by atoms with Gasteiger partial charge in [0.15, 0.2) is 5.82 Å². The Bertz CT molecular complexity index is 2010. The molecule has 5 aliphatic rings. The van der Waals surface area contributed by atoms with E-state index in [9.17, 15) is 13.2 Å². The Morgan fingerprint density at radius 2 is 1.89 bits per heavy atom. The van der Waals surface area contributed by atoms with Crippen LogP contribution < -0.4 is 14.4 Å². The number of fused-ring (bicyclic) bond motifs is 4. The van der Waals surface area contributed by atoms with E-state index in [0.29, 0.717) is 49.2 Å². The third-order valence-electron chi connectivity index (χ3n) is 13.3. The number of carbonyl (C=O) groups excluding carboxylic acids is 1. The van der Waals surface area contributed by atoms with Gasteiger partial charge in [0, 0.05) is 68.9 Å². The van der Waals surface area contributed by atoms with Crippen LogP contribution in [0.3, 0.4) is 0 Å². The third kappa shape index (κ3) is 7.67. The number of methoxy groups -OCH3 is 1. The number of ether oxygens (including phenoxy) is 2. The second-order valence-corrected chi connectivity index (χ2v) is 19.1. The first-order valence-electron chi connectivity index (χ1n) is 19.8. The molecule has 3 aromatic rings. The minimum absolute atomic E-state index is 0.225. The summed E-state index contributed by atoms with van der Waals surface area (Å²) in [6.07, 6.45) is 11.3. The zero-order chi connectivity index (χ0) is 38.4. The van der Waals surface area contributed by atoms with Gasteiger partial charge in [-0.1, -0.05) is 41.9 Å². The lowest BCUT2D eigenvalue weighted by Crippen LogP contribution is -2.59. The lowest BCUT2D eigenvalue weighted by molar-refractivity contribution is -0.0957. The molecule has 3 aliphatic heterocycles. The van der Waals surface area contributed by atoms with E-state index < -0.39 is 26.8 Å². The van der Waals surface area contributed by atoms with Gasteiger partial charge in [-0.05, 0) is 105 Å². The van der Waals surface area contributed by atoms with Crippen molar-refractivity contribution < 1.29 is 27.2 Å². The topological polar surface area (TPSA) is 130 Å². The fourth-order valence-corrected chi connectivity index (χ4v) is 11.2. The maximum absolute atomic E-state index is 13.7. The molecule has 2 aliphatic carbocycles. The number of nitrogens with zero attached hydrogens (tertiary/aromatic N) is 5. The molecule has 296 valence electrons. The van der Waals surface area contributed by atoms with E-state index in [0.717, 1.165) is 82.1 Å². The Hall–Kier alpha value is -3.49. The predicted molar refractivity (Wildman–Crippen MR) is 211 cm³/mol. The van der Waals surface area contributed by atoms with Gasteiger partial charge in [0.2, 0.25) is 16.4 Å². The van der Waals surface area contributed by atoms with Crippen LogP contribution in [0.2, 0.25) is 5.02 Å². The highest BCUT2D eigenvalue weighted by molar-refractivity contribution is 7.90. The molecule has 2 aromatic carbocycles. The zero-order valence-corrected chi connectivity index (χ0v) is 33.7. The molecule has 1 aromatic heterocycles. The standard InChI is InChI=1S/C41H53ClN6O6S/c1-28-6-4-15-41(52-3,25-47-18-16-46(17-19-47)23-38-43-27-54-44-38)35-11-8-32(35)22-48-24-40(14-5-7-30-20-33(42)10-12-34(30)40)26-53-37-13-9-31(21-36(37)48)39(49)45-55(50,51)29(28)2/h4,9-10,12-13,15,20-21,27-29,32,35H,5-8,11,14,16-19,22-26H2,1-3H3,(H,45,49)/b15-4-/t28-,29+,32-,35+,40-,41+/m0/s1. The van der Waals surface area contributed by atoms with Gasteiger partial charge in [-0.15, -0.1) is 0 Å². The highest BCUT2D eigenvalue weighted by atomic mass is 35.5. The number of hydrogen-bond donors (Lipinski definition) is 1. The van der Waals surface area contributed by atoms with Crippen molar-refractivity contribution in [2.45, 2.75) is 75.2 Å². The summed E-state index contributed by atoms with van der Waals surface area (Å²) in [4.78, 5) is 25.2. The normalized spacial score (nSPS) is 32.0. The molecule has 6 atom stereocenters. The number of piperazine rings is 1. The molecular weight excluding hydrogens is 740 g/mol.